The second-order valence-electron chi connectivity index (χ2n) is 4.67. The first-order valence-electron chi connectivity index (χ1n) is 6.84. The van der Waals surface area contributed by atoms with Crippen molar-refractivity contribution in [1.82, 2.24) is 0 Å². The van der Waals surface area contributed by atoms with Gasteiger partial charge in [0.2, 0.25) is 0 Å². The topological polar surface area (TPSA) is 64.6 Å². The first-order chi connectivity index (χ1) is 11.9. The van der Waals surface area contributed by atoms with Gasteiger partial charge in [-0.25, -0.2) is 9.18 Å². The molecule has 1 amide bonds. The van der Waals surface area contributed by atoms with E-state index in [2.05, 4.69) is 5.32 Å². The molecule has 0 fully saturated rings. The fraction of sp³-hybridized carbons (Fsp3) is 0.125. The van der Waals surface area contributed by atoms with Gasteiger partial charge in [-0.3, -0.25) is 4.79 Å². The van der Waals surface area contributed by atoms with Crippen molar-refractivity contribution in [3.63, 3.8) is 0 Å². The van der Waals surface area contributed by atoms with E-state index in [1.807, 2.05) is 0 Å². The van der Waals surface area contributed by atoms with Gasteiger partial charge in [-0.05, 0) is 18.2 Å². The largest absolute Gasteiger partial charge is 0.480 e. The summed E-state index contributed by atoms with van der Waals surface area (Å²) in [5.74, 6) is -1.96. The van der Waals surface area contributed by atoms with Crippen molar-refractivity contribution in [2.45, 2.75) is 0 Å². The van der Waals surface area contributed by atoms with Crippen molar-refractivity contribution in [3.8, 4) is 5.75 Å². The molecule has 1 N–H and O–H groups in total. The number of hydrogen-bond acceptors (Lipinski definition) is 4. The van der Waals surface area contributed by atoms with Crippen molar-refractivity contribution in [1.29, 1.82) is 0 Å². The minimum Gasteiger partial charge on any atom is -0.480 e. The summed E-state index contributed by atoms with van der Waals surface area (Å²) in [6, 6.07) is 8.33. The monoisotopic (exact) mass is 405 g/mol. The van der Waals surface area contributed by atoms with Gasteiger partial charge in [-0.15, -0.1) is 0 Å². The van der Waals surface area contributed by atoms with Crippen molar-refractivity contribution >= 4 is 52.4 Å². The predicted octanol–water partition coefficient (Wildman–Crippen LogP) is 4.35. The molecule has 0 saturated heterocycles. The highest BCUT2D eigenvalue weighted by atomic mass is 35.5. The number of carbonyl (C=O) groups is 2. The molecule has 0 aromatic heterocycles. The third-order valence-corrected chi connectivity index (χ3v) is 3.85. The second-order valence-corrected chi connectivity index (χ2v) is 5.90. The van der Waals surface area contributed by atoms with Crippen LogP contribution in [0.2, 0.25) is 15.1 Å². The number of rotatable bonds is 6. The van der Waals surface area contributed by atoms with Gasteiger partial charge in [0.1, 0.15) is 11.6 Å². The van der Waals surface area contributed by atoms with E-state index in [-0.39, 0.29) is 26.5 Å². The standard InChI is InChI=1S/C16H11Cl3FNO4/c17-9-5-11(19)14(6-10(9)18)24-8-16(23)25-7-15(22)21-13-4-2-1-3-12(13)20/h1-6H,7-8H2,(H,21,22). The van der Waals surface area contributed by atoms with Crippen molar-refractivity contribution < 1.29 is 23.5 Å². The lowest BCUT2D eigenvalue weighted by atomic mass is 10.3. The maximum atomic E-state index is 13.4. The number of anilines is 1. The summed E-state index contributed by atoms with van der Waals surface area (Å²) >= 11 is 17.5. The molecule has 0 bridgehead atoms. The average molecular weight is 407 g/mol. The van der Waals surface area contributed by atoms with Gasteiger partial charge in [-0.2, -0.15) is 0 Å². The van der Waals surface area contributed by atoms with Crippen LogP contribution in [0.1, 0.15) is 0 Å². The van der Waals surface area contributed by atoms with Gasteiger partial charge in [0.25, 0.3) is 5.91 Å². The minimum atomic E-state index is -0.814. The molecule has 0 unspecified atom stereocenters. The van der Waals surface area contributed by atoms with E-state index in [1.54, 1.807) is 6.07 Å². The molecular formula is C16H11Cl3FNO4. The van der Waals surface area contributed by atoms with Crippen LogP contribution in [0, 0.1) is 5.82 Å². The Kier molecular flexibility index (Phi) is 6.87. The first kappa shape index (κ1) is 19.3. The third-order valence-electron chi connectivity index (χ3n) is 2.83. The Hall–Kier alpha value is -2.02. The number of halogens is 4. The molecule has 2 aromatic carbocycles. The van der Waals surface area contributed by atoms with Crippen LogP contribution in [-0.2, 0) is 14.3 Å². The van der Waals surface area contributed by atoms with E-state index in [0.29, 0.717) is 0 Å². The van der Waals surface area contributed by atoms with E-state index >= 15 is 0 Å². The number of amides is 1. The van der Waals surface area contributed by atoms with Crippen LogP contribution < -0.4 is 10.1 Å². The van der Waals surface area contributed by atoms with Crippen LogP contribution in [0.4, 0.5) is 10.1 Å². The molecule has 0 aliphatic carbocycles. The highest BCUT2D eigenvalue weighted by Crippen LogP contribution is 2.33. The fourth-order valence-electron chi connectivity index (χ4n) is 1.69. The zero-order valence-electron chi connectivity index (χ0n) is 12.5. The van der Waals surface area contributed by atoms with E-state index in [1.165, 1.54) is 30.3 Å². The normalized spacial score (nSPS) is 10.2. The highest BCUT2D eigenvalue weighted by Gasteiger charge is 2.12. The second kappa shape index (κ2) is 8.89. The number of nitrogens with one attached hydrogen (secondary N) is 1. The Labute approximate surface area is 157 Å². The SMILES string of the molecule is O=C(COC(=O)COc1cc(Cl)c(Cl)cc1Cl)Nc1ccccc1F. The van der Waals surface area contributed by atoms with E-state index < -0.39 is 30.9 Å². The molecule has 132 valence electrons. The molecule has 5 nitrogen and oxygen atoms in total. The molecule has 0 atom stereocenters. The van der Waals surface area contributed by atoms with E-state index in [9.17, 15) is 14.0 Å². The van der Waals surface area contributed by atoms with Crippen molar-refractivity contribution in [2.75, 3.05) is 18.5 Å². The van der Waals surface area contributed by atoms with Crippen molar-refractivity contribution in [2.24, 2.45) is 0 Å². The smallest absolute Gasteiger partial charge is 0.344 e. The lowest BCUT2D eigenvalue weighted by Crippen LogP contribution is -2.24. The van der Waals surface area contributed by atoms with Gasteiger partial charge >= 0.3 is 5.97 Å². The number of ether oxygens (including phenoxy) is 2. The third kappa shape index (κ3) is 5.77. The Bertz CT molecular complexity index is 801. The van der Waals surface area contributed by atoms with Crippen LogP contribution >= 0.6 is 34.8 Å². The summed E-state index contributed by atoms with van der Waals surface area (Å²) in [7, 11) is 0. The molecule has 0 saturated carbocycles. The number of para-hydroxylation sites is 1. The molecule has 0 spiro atoms. The summed E-state index contributed by atoms with van der Waals surface area (Å²) in [5, 5.41) is 2.89. The zero-order valence-corrected chi connectivity index (χ0v) is 14.8. The lowest BCUT2D eigenvalue weighted by Gasteiger charge is -2.10. The lowest BCUT2D eigenvalue weighted by molar-refractivity contribution is -0.149. The van der Waals surface area contributed by atoms with Crippen LogP contribution in [0.5, 0.6) is 5.75 Å². The van der Waals surface area contributed by atoms with Gasteiger partial charge < -0.3 is 14.8 Å². The molecule has 0 heterocycles. The van der Waals surface area contributed by atoms with Crippen molar-refractivity contribution in [3.05, 3.63) is 57.3 Å². The Morgan fingerprint density at radius 2 is 1.68 bits per heavy atom. The summed E-state index contributed by atoms with van der Waals surface area (Å²) in [4.78, 5) is 23.2. The molecule has 2 aromatic rings. The van der Waals surface area contributed by atoms with Gasteiger partial charge in [-0.1, -0.05) is 46.9 Å². The average Bonchev–Trinajstić information content (AvgIpc) is 2.57. The summed E-state index contributed by atoms with van der Waals surface area (Å²) in [6.45, 7) is -1.09. The maximum Gasteiger partial charge on any atom is 0.344 e. The van der Waals surface area contributed by atoms with Gasteiger partial charge in [0, 0.05) is 6.07 Å². The Morgan fingerprint density at radius 1 is 1.00 bits per heavy atom. The van der Waals surface area contributed by atoms with Gasteiger partial charge in [0.15, 0.2) is 13.2 Å². The molecule has 9 heteroatoms. The molecule has 0 aliphatic rings. The molecule has 25 heavy (non-hydrogen) atoms. The van der Waals surface area contributed by atoms with Crippen LogP contribution in [-0.4, -0.2) is 25.1 Å². The van der Waals surface area contributed by atoms with Crippen LogP contribution in [0.3, 0.4) is 0 Å². The number of carbonyl (C=O) groups excluding carboxylic acids is 2. The Balaban J connectivity index is 1.80. The zero-order chi connectivity index (χ0) is 18.4. The van der Waals surface area contributed by atoms with E-state index in [4.69, 9.17) is 44.3 Å². The molecular weight excluding hydrogens is 396 g/mol. The fourth-order valence-corrected chi connectivity index (χ4v) is 2.28. The summed E-state index contributed by atoms with van der Waals surface area (Å²) < 4.78 is 23.3. The number of hydrogen-bond donors (Lipinski definition) is 1. The first-order valence-corrected chi connectivity index (χ1v) is 7.97. The summed E-state index contributed by atoms with van der Waals surface area (Å²) in [5.41, 5.74) is -0.0117. The highest BCUT2D eigenvalue weighted by molar-refractivity contribution is 6.43. The Morgan fingerprint density at radius 3 is 2.40 bits per heavy atom. The molecule has 0 aliphatic heterocycles. The predicted molar refractivity (Wildman–Crippen MR) is 93.0 cm³/mol. The van der Waals surface area contributed by atoms with Crippen LogP contribution in [0.15, 0.2) is 36.4 Å². The quantitative estimate of drug-likeness (QED) is 0.572. The molecule has 0 radical (unpaired) electrons. The van der Waals surface area contributed by atoms with E-state index in [0.717, 1.165) is 0 Å². The van der Waals surface area contributed by atoms with Crippen LogP contribution in [0.25, 0.3) is 0 Å². The summed E-state index contributed by atoms with van der Waals surface area (Å²) in [6.07, 6.45) is 0. The number of esters is 1. The van der Waals surface area contributed by atoms with Gasteiger partial charge in [0.05, 0.1) is 20.8 Å². The maximum absolute atomic E-state index is 13.4. The number of benzene rings is 2. The molecule has 2 rings (SSSR count). The minimum absolute atomic E-state index is 0.0117.